The van der Waals surface area contributed by atoms with E-state index in [4.69, 9.17) is 0 Å². The van der Waals surface area contributed by atoms with Crippen molar-refractivity contribution in [3.05, 3.63) is 28.3 Å². The maximum atomic E-state index is 10.2. The monoisotopic (exact) mass is 269 g/mol. The Balaban J connectivity index is 0.00000162. The first-order valence-corrected chi connectivity index (χ1v) is 6.70. The van der Waals surface area contributed by atoms with Gasteiger partial charge in [0.25, 0.3) is 0 Å². The molecule has 1 aromatic rings. The van der Waals surface area contributed by atoms with Crippen molar-refractivity contribution in [1.29, 1.82) is 0 Å². The molecule has 0 aliphatic heterocycles. The van der Waals surface area contributed by atoms with Crippen LogP contribution in [-0.4, -0.2) is 11.7 Å². The van der Waals surface area contributed by atoms with Crippen molar-refractivity contribution in [2.24, 2.45) is 0 Å². The Morgan fingerprint density at radius 1 is 1.33 bits per heavy atom. The molecular formula is C15H24ClNO. The number of rotatable bonds is 4. The third-order valence-electron chi connectivity index (χ3n) is 3.82. The molecule has 0 fully saturated rings. The van der Waals surface area contributed by atoms with Gasteiger partial charge in [-0.25, -0.2) is 0 Å². The average molecular weight is 270 g/mol. The molecule has 0 radical (unpaired) electrons. The lowest BCUT2D eigenvalue weighted by molar-refractivity contribution is 0.444. The summed E-state index contributed by atoms with van der Waals surface area (Å²) >= 11 is 0. The van der Waals surface area contributed by atoms with Crippen molar-refractivity contribution in [2.75, 3.05) is 6.54 Å². The van der Waals surface area contributed by atoms with E-state index < -0.39 is 0 Å². The lowest BCUT2D eigenvalue weighted by Crippen LogP contribution is -2.20. The molecule has 18 heavy (non-hydrogen) atoms. The van der Waals surface area contributed by atoms with Crippen molar-refractivity contribution in [3.63, 3.8) is 0 Å². The Hall–Kier alpha value is -0.730. The zero-order chi connectivity index (χ0) is 12.4. The lowest BCUT2D eigenvalue weighted by Gasteiger charge is -2.17. The minimum absolute atomic E-state index is 0. The first-order chi connectivity index (χ1) is 8.15. The van der Waals surface area contributed by atoms with E-state index in [0.717, 1.165) is 24.9 Å². The van der Waals surface area contributed by atoms with Crippen molar-refractivity contribution in [3.8, 4) is 5.75 Å². The van der Waals surface area contributed by atoms with Gasteiger partial charge in [-0.15, -0.1) is 12.4 Å². The first-order valence-electron chi connectivity index (χ1n) is 6.70. The van der Waals surface area contributed by atoms with Crippen LogP contribution in [0.15, 0.2) is 6.07 Å². The van der Waals surface area contributed by atoms with Crippen molar-refractivity contribution in [1.82, 2.24) is 5.32 Å². The van der Waals surface area contributed by atoms with Crippen LogP contribution in [0.2, 0.25) is 0 Å². The molecule has 0 aromatic heterocycles. The number of halogens is 1. The molecular weight excluding hydrogens is 246 g/mol. The summed E-state index contributed by atoms with van der Waals surface area (Å²) in [5, 5.41) is 13.8. The third kappa shape index (κ3) is 2.81. The van der Waals surface area contributed by atoms with Gasteiger partial charge in [-0.2, -0.15) is 0 Å². The predicted molar refractivity (Wildman–Crippen MR) is 78.8 cm³/mol. The second kappa shape index (κ2) is 6.44. The largest absolute Gasteiger partial charge is 0.507 e. The van der Waals surface area contributed by atoms with E-state index in [1.54, 1.807) is 0 Å². The smallest absolute Gasteiger partial charge is 0.123 e. The Morgan fingerprint density at radius 3 is 2.72 bits per heavy atom. The van der Waals surface area contributed by atoms with Gasteiger partial charge in [0, 0.05) is 11.6 Å². The molecule has 0 spiro atoms. The van der Waals surface area contributed by atoms with Gasteiger partial charge >= 0.3 is 0 Å². The van der Waals surface area contributed by atoms with Crippen LogP contribution >= 0.6 is 12.4 Å². The van der Waals surface area contributed by atoms with E-state index in [1.165, 1.54) is 29.5 Å². The molecule has 3 heteroatoms. The highest BCUT2D eigenvalue weighted by Gasteiger charge is 2.27. The number of phenolic OH excluding ortho intramolecular Hbond substituents is 1. The van der Waals surface area contributed by atoms with Gasteiger partial charge < -0.3 is 10.4 Å². The minimum Gasteiger partial charge on any atom is -0.507 e. The van der Waals surface area contributed by atoms with Crippen LogP contribution in [0.1, 0.15) is 54.5 Å². The summed E-state index contributed by atoms with van der Waals surface area (Å²) < 4.78 is 0. The number of unbranched alkanes of at least 4 members (excludes halogenated alkanes) is 1. The first kappa shape index (κ1) is 15.3. The van der Waals surface area contributed by atoms with Gasteiger partial charge in [0.1, 0.15) is 5.75 Å². The van der Waals surface area contributed by atoms with E-state index in [9.17, 15) is 5.11 Å². The number of hydrogen-bond acceptors (Lipinski definition) is 2. The number of benzene rings is 1. The van der Waals surface area contributed by atoms with Gasteiger partial charge in [-0.05, 0) is 56.3 Å². The molecule has 0 amide bonds. The highest BCUT2D eigenvalue weighted by atomic mass is 35.5. The number of aryl methyl sites for hydroxylation is 2. The molecule has 1 aliphatic rings. The minimum atomic E-state index is 0. The maximum Gasteiger partial charge on any atom is 0.123 e. The summed E-state index contributed by atoms with van der Waals surface area (Å²) in [5.74, 6) is 0.511. The van der Waals surface area contributed by atoms with E-state index in [-0.39, 0.29) is 12.4 Å². The normalized spacial score (nSPS) is 17.4. The van der Waals surface area contributed by atoms with Gasteiger partial charge in [-0.1, -0.05) is 19.4 Å². The van der Waals surface area contributed by atoms with E-state index >= 15 is 0 Å². The van der Waals surface area contributed by atoms with E-state index in [2.05, 4.69) is 25.2 Å². The molecule has 2 rings (SSSR count). The lowest BCUT2D eigenvalue weighted by atomic mass is 9.98. The van der Waals surface area contributed by atoms with E-state index in [0.29, 0.717) is 11.8 Å². The van der Waals surface area contributed by atoms with Gasteiger partial charge in [0.15, 0.2) is 0 Å². The second-order valence-electron chi connectivity index (χ2n) is 5.15. The summed E-state index contributed by atoms with van der Waals surface area (Å²) in [6.45, 7) is 7.40. The van der Waals surface area contributed by atoms with Crippen LogP contribution < -0.4 is 5.32 Å². The Bertz CT molecular complexity index is 417. The second-order valence-corrected chi connectivity index (χ2v) is 5.15. The molecule has 0 bridgehead atoms. The van der Waals surface area contributed by atoms with Gasteiger partial charge in [0.2, 0.25) is 0 Å². The molecule has 0 saturated carbocycles. The molecule has 1 aliphatic carbocycles. The fourth-order valence-electron chi connectivity index (χ4n) is 2.85. The third-order valence-corrected chi connectivity index (χ3v) is 3.82. The van der Waals surface area contributed by atoms with Gasteiger partial charge in [-0.3, -0.25) is 0 Å². The number of aromatic hydroxyl groups is 1. The zero-order valence-corrected chi connectivity index (χ0v) is 12.4. The van der Waals surface area contributed by atoms with Crippen molar-refractivity contribution in [2.45, 2.75) is 52.5 Å². The van der Waals surface area contributed by atoms with Crippen molar-refractivity contribution >= 4 is 12.4 Å². The molecule has 1 aromatic carbocycles. The Morgan fingerprint density at radius 2 is 2.06 bits per heavy atom. The fourth-order valence-corrected chi connectivity index (χ4v) is 2.85. The standard InChI is InChI=1S/C15H23NO.ClH/c1-4-5-8-16-13-7-6-12-10(2)9-11(3)15(17)14(12)13;/h9,13,16-17H,4-8H2,1-3H3;1H. The van der Waals surface area contributed by atoms with Crippen LogP contribution in [0.25, 0.3) is 0 Å². The summed E-state index contributed by atoms with van der Waals surface area (Å²) in [5.41, 5.74) is 4.86. The van der Waals surface area contributed by atoms with Crippen LogP contribution in [-0.2, 0) is 6.42 Å². The Labute approximate surface area is 116 Å². The topological polar surface area (TPSA) is 32.3 Å². The molecule has 0 heterocycles. The summed E-state index contributed by atoms with van der Waals surface area (Å²) in [7, 11) is 0. The number of fused-ring (bicyclic) bond motifs is 1. The SMILES string of the molecule is CCCCNC1CCc2c(C)cc(C)c(O)c21.Cl. The number of nitrogens with one attached hydrogen (secondary N) is 1. The predicted octanol–water partition coefficient (Wildman–Crippen LogP) is 3.81. The zero-order valence-electron chi connectivity index (χ0n) is 11.5. The highest BCUT2D eigenvalue weighted by Crippen LogP contribution is 2.41. The van der Waals surface area contributed by atoms with Crippen molar-refractivity contribution < 1.29 is 5.11 Å². The van der Waals surface area contributed by atoms with Crippen LogP contribution in [0.4, 0.5) is 0 Å². The Kier molecular flexibility index (Phi) is 5.48. The molecule has 0 saturated heterocycles. The summed E-state index contributed by atoms with van der Waals surface area (Å²) in [6, 6.07) is 2.46. The maximum absolute atomic E-state index is 10.2. The summed E-state index contributed by atoms with van der Waals surface area (Å²) in [6.07, 6.45) is 4.64. The van der Waals surface area contributed by atoms with Crippen LogP contribution in [0, 0.1) is 13.8 Å². The molecule has 1 atom stereocenters. The summed E-state index contributed by atoms with van der Waals surface area (Å²) in [4.78, 5) is 0. The quantitative estimate of drug-likeness (QED) is 0.815. The average Bonchev–Trinajstić information content (AvgIpc) is 2.71. The van der Waals surface area contributed by atoms with E-state index in [1.807, 2.05) is 6.92 Å². The fraction of sp³-hybridized carbons (Fsp3) is 0.600. The number of hydrogen-bond donors (Lipinski definition) is 2. The van der Waals surface area contributed by atoms with Crippen LogP contribution in [0.3, 0.4) is 0 Å². The molecule has 2 nitrogen and oxygen atoms in total. The molecule has 1 unspecified atom stereocenters. The molecule has 102 valence electrons. The molecule has 2 N–H and O–H groups in total. The highest BCUT2D eigenvalue weighted by molar-refractivity contribution is 5.85. The van der Waals surface area contributed by atoms with Crippen LogP contribution in [0.5, 0.6) is 5.75 Å². The van der Waals surface area contributed by atoms with Gasteiger partial charge in [0.05, 0.1) is 0 Å². The number of phenols is 1.